The summed E-state index contributed by atoms with van der Waals surface area (Å²) in [7, 11) is 0. The lowest BCUT2D eigenvalue weighted by Gasteiger charge is -2.27. The van der Waals surface area contributed by atoms with Gasteiger partial charge in [0.05, 0.1) is 5.56 Å². The predicted molar refractivity (Wildman–Crippen MR) is 86.9 cm³/mol. The second-order valence-electron chi connectivity index (χ2n) is 5.19. The highest BCUT2D eigenvalue weighted by atomic mass is 19.1. The van der Waals surface area contributed by atoms with E-state index in [2.05, 4.69) is 0 Å². The predicted octanol–water partition coefficient (Wildman–Crippen LogP) is 0.457. The monoisotopic (exact) mass is 395 g/mol. The molecule has 13 heteroatoms. The number of carbonyl (C=O) groups excluding carboxylic acids is 3. The third-order valence-electron chi connectivity index (χ3n) is 3.44. The molecule has 1 aliphatic heterocycles. The number of rotatable bonds is 6. The Morgan fingerprint density at radius 2 is 1.86 bits per heavy atom. The minimum Gasteiger partial charge on any atom is -0.505 e. The Kier molecular flexibility index (Phi) is 6.00. The summed E-state index contributed by atoms with van der Waals surface area (Å²) in [5, 5.41) is 29.0. The Balaban J connectivity index is 2.25. The van der Waals surface area contributed by atoms with Crippen molar-refractivity contribution in [1.82, 2.24) is 10.4 Å². The number of nitrogens with one attached hydrogen (secondary N) is 3. The van der Waals surface area contributed by atoms with E-state index in [-0.39, 0.29) is 5.06 Å². The van der Waals surface area contributed by atoms with Crippen LogP contribution in [-0.2, 0) is 25.8 Å². The van der Waals surface area contributed by atoms with Crippen LogP contribution in [-0.4, -0.2) is 46.0 Å². The third kappa shape index (κ3) is 3.93. The molecular weight excluding hydrogens is 384 g/mol. The second-order valence-corrected chi connectivity index (χ2v) is 5.19. The number of hydroxylamine groups is 2. The summed E-state index contributed by atoms with van der Waals surface area (Å²) in [4.78, 5) is 50.1. The van der Waals surface area contributed by atoms with E-state index in [4.69, 9.17) is 15.7 Å². The molecule has 0 unspecified atom stereocenters. The zero-order valence-corrected chi connectivity index (χ0v) is 13.8. The van der Waals surface area contributed by atoms with Gasteiger partial charge in [-0.1, -0.05) is 6.07 Å². The van der Waals surface area contributed by atoms with Gasteiger partial charge < -0.3 is 10.4 Å². The Hall–Kier alpha value is -3.87. The molecule has 3 amide bonds. The van der Waals surface area contributed by atoms with Crippen LogP contribution >= 0.6 is 0 Å². The minimum atomic E-state index is -1.43. The van der Waals surface area contributed by atoms with E-state index in [9.17, 15) is 33.2 Å². The molecule has 1 aromatic carbocycles. The molecule has 1 aromatic rings. The van der Waals surface area contributed by atoms with Gasteiger partial charge in [0.2, 0.25) is 0 Å². The van der Waals surface area contributed by atoms with Crippen molar-refractivity contribution in [3.05, 3.63) is 51.6 Å². The Bertz CT molecular complexity index is 925. The molecule has 0 atom stereocenters. The number of halogens is 2. The topological polar surface area (TPSA) is 173 Å². The number of amides is 3. The van der Waals surface area contributed by atoms with E-state index in [0.29, 0.717) is 0 Å². The number of carbonyl (C=O) groups is 3. The first-order valence-corrected chi connectivity index (χ1v) is 7.34. The van der Waals surface area contributed by atoms with Gasteiger partial charge in [-0.2, -0.15) is 5.06 Å². The van der Waals surface area contributed by atoms with Gasteiger partial charge in [-0.15, -0.1) is 4.91 Å². The summed E-state index contributed by atoms with van der Waals surface area (Å²) >= 11 is 0. The largest absolute Gasteiger partial charge is 0.505 e. The van der Waals surface area contributed by atoms with E-state index >= 15 is 0 Å². The first-order chi connectivity index (χ1) is 13.2. The van der Waals surface area contributed by atoms with Crippen LogP contribution < -0.4 is 5.32 Å². The van der Waals surface area contributed by atoms with Crippen LogP contribution in [0.3, 0.4) is 0 Å². The highest BCUT2D eigenvalue weighted by molar-refractivity contribution is 6.51. The number of nitroso groups, excluding NO2 is 1. The highest BCUT2D eigenvalue weighted by Gasteiger charge is 2.40. The van der Waals surface area contributed by atoms with Crippen molar-refractivity contribution < 1.29 is 33.1 Å². The number of hydrogen-bond acceptors (Lipinski definition) is 8. The fourth-order valence-electron chi connectivity index (χ4n) is 2.05. The lowest BCUT2D eigenvalue weighted by Crippen LogP contribution is -2.49. The van der Waals surface area contributed by atoms with Gasteiger partial charge in [0.15, 0.2) is 17.2 Å². The smallest absolute Gasteiger partial charge is 0.305 e. The van der Waals surface area contributed by atoms with E-state index in [1.165, 1.54) is 0 Å². The molecule has 28 heavy (non-hydrogen) atoms. The molecular formula is C15H11F2N5O6. The molecule has 146 valence electrons. The summed E-state index contributed by atoms with van der Waals surface area (Å²) in [5.74, 6) is -8.24. The van der Waals surface area contributed by atoms with Crippen molar-refractivity contribution in [2.75, 3.05) is 6.54 Å². The van der Waals surface area contributed by atoms with E-state index in [0.717, 1.165) is 18.2 Å². The van der Waals surface area contributed by atoms with Gasteiger partial charge in [-0.05, 0) is 12.1 Å². The van der Waals surface area contributed by atoms with Crippen molar-refractivity contribution in [2.45, 2.75) is 6.61 Å². The average Bonchev–Trinajstić information content (AvgIpc) is 2.66. The van der Waals surface area contributed by atoms with Crippen molar-refractivity contribution in [3.8, 4) is 0 Å². The maximum atomic E-state index is 13.7. The van der Waals surface area contributed by atoms with Crippen LogP contribution in [0.25, 0.3) is 0 Å². The number of nitrogens with zero attached hydrogens (tertiary/aromatic N) is 2. The van der Waals surface area contributed by atoms with E-state index < -0.39 is 71.0 Å². The minimum absolute atomic E-state index is 0.0860. The van der Waals surface area contributed by atoms with Gasteiger partial charge in [-0.3, -0.25) is 30.0 Å². The molecule has 11 nitrogen and oxygen atoms in total. The van der Waals surface area contributed by atoms with Crippen LogP contribution in [0, 0.1) is 27.4 Å². The number of aliphatic hydroxyl groups is 1. The zero-order valence-electron chi connectivity index (χ0n) is 13.8. The average molecular weight is 395 g/mol. The first kappa shape index (κ1) is 20.4. The van der Waals surface area contributed by atoms with Gasteiger partial charge in [0, 0.05) is 5.18 Å². The molecule has 0 aromatic heterocycles. The second kappa shape index (κ2) is 8.22. The standard InChI is InChI=1S/C15H11F2N5O6/c16-7-2-1-3-8(17)6(7)5-28-22-13(19)11(18)12(24)10(15(22)26)14(25)20-4-9(23)21-27/h1-3,18-19,24H,4-5H2,(H,20,25). The fraction of sp³-hybridized carbons (Fsp3) is 0.133. The van der Waals surface area contributed by atoms with Crippen LogP contribution in [0.15, 0.2) is 34.7 Å². The lowest BCUT2D eigenvalue weighted by molar-refractivity contribution is -0.163. The van der Waals surface area contributed by atoms with E-state index in [1.807, 2.05) is 10.5 Å². The summed E-state index contributed by atoms with van der Waals surface area (Å²) < 4.78 is 27.3. The molecule has 0 saturated heterocycles. The maximum absolute atomic E-state index is 13.7. The van der Waals surface area contributed by atoms with Gasteiger partial charge >= 0.3 is 5.91 Å². The van der Waals surface area contributed by atoms with Crippen LogP contribution in [0.5, 0.6) is 0 Å². The van der Waals surface area contributed by atoms with Crippen molar-refractivity contribution in [1.29, 1.82) is 10.8 Å². The fourth-order valence-corrected chi connectivity index (χ4v) is 2.05. The quantitative estimate of drug-likeness (QED) is 0.402. The molecule has 0 fully saturated rings. The van der Waals surface area contributed by atoms with Gasteiger partial charge in [0.25, 0.3) is 11.8 Å². The van der Waals surface area contributed by atoms with Gasteiger partial charge in [0.1, 0.15) is 30.5 Å². The molecule has 2 rings (SSSR count). The summed E-state index contributed by atoms with van der Waals surface area (Å²) in [5.41, 5.74) is -2.66. The Morgan fingerprint density at radius 1 is 1.25 bits per heavy atom. The zero-order chi connectivity index (χ0) is 21.0. The van der Waals surface area contributed by atoms with Crippen LogP contribution in [0.4, 0.5) is 8.78 Å². The first-order valence-electron chi connectivity index (χ1n) is 7.34. The van der Waals surface area contributed by atoms with E-state index in [1.54, 1.807) is 0 Å². The van der Waals surface area contributed by atoms with Crippen LogP contribution in [0.2, 0.25) is 0 Å². The number of amidine groups is 1. The van der Waals surface area contributed by atoms with Crippen molar-refractivity contribution >= 4 is 29.3 Å². The normalized spacial score (nSPS) is 14.4. The van der Waals surface area contributed by atoms with Gasteiger partial charge in [-0.25, -0.2) is 8.78 Å². The van der Waals surface area contributed by atoms with Crippen molar-refractivity contribution in [3.63, 3.8) is 0 Å². The molecule has 0 radical (unpaired) electrons. The summed E-state index contributed by atoms with van der Waals surface area (Å²) in [6.45, 7) is -1.76. The SMILES string of the molecule is N=C1C(=N)N(OCc2c(F)cccc2F)C(=O)C(C(=O)NCC(=O)N=O)=C1O. The molecule has 4 N–H and O–H groups in total. The molecule has 0 spiro atoms. The molecule has 0 aliphatic carbocycles. The number of aliphatic hydroxyl groups excluding tert-OH is 1. The summed E-state index contributed by atoms with van der Waals surface area (Å²) in [6, 6.07) is 2.95. The van der Waals surface area contributed by atoms with Crippen LogP contribution in [0.1, 0.15) is 5.56 Å². The number of benzene rings is 1. The Labute approximate surface area is 154 Å². The molecule has 1 aliphatic rings. The summed E-state index contributed by atoms with van der Waals surface area (Å²) in [6.07, 6.45) is 0. The molecule has 0 bridgehead atoms. The molecule has 1 heterocycles. The lowest BCUT2D eigenvalue weighted by atomic mass is 10.1. The van der Waals surface area contributed by atoms with Crippen molar-refractivity contribution in [2.24, 2.45) is 5.18 Å². The number of hydrogen-bond donors (Lipinski definition) is 4. The Morgan fingerprint density at radius 3 is 2.43 bits per heavy atom. The maximum Gasteiger partial charge on any atom is 0.305 e. The molecule has 0 saturated carbocycles. The highest BCUT2D eigenvalue weighted by Crippen LogP contribution is 2.20. The third-order valence-corrected chi connectivity index (χ3v) is 3.44.